The van der Waals surface area contributed by atoms with E-state index in [1.807, 2.05) is 12.1 Å². The van der Waals surface area contributed by atoms with Crippen molar-refractivity contribution in [1.29, 1.82) is 5.26 Å². The molecule has 1 rings (SSSR count). The van der Waals surface area contributed by atoms with Crippen LogP contribution < -0.4 is 14.8 Å². The Labute approximate surface area is 113 Å². The molecule has 0 saturated carbocycles. The minimum absolute atomic E-state index is 0.301. The van der Waals surface area contributed by atoms with Crippen LogP contribution in [0.3, 0.4) is 0 Å². The van der Waals surface area contributed by atoms with Crippen LogP contribution in [0.1, 0.15) is 19.4 Å². The third-order valence-corrected chi connectivity index (χ3v) is 2.75. The lowest BCUT2D eigenvalue weighted by atomic mass is 9.95. The number of nitriles is 1. The Morgan fingerprint density at radius 2 is 1.95 bits per heavy atom. The van der Waals surface area contributed by atoms with Crippen molar-refractivity contribution in [3.63, 3.8) is 0 Å². The molecule has 0 aliphatic carbocycles. The summed E-state index contributed by atoms with van der Waals surface area (Å²) in [6.45, 7) is 3.50. The molecule has 1 N–H and O–H groups in total. The van der Waals surface area contributed by atoms with Gasteiger partial charge in [-0.1, -0.05) is 6.07 Å². The molecule has 0 aromatic heterocycles. The summed E-state index contributed by atoms with van der Waals surface area (Å²) in [7, 11) is 3.12. The number of carbonyl (C=O) groups excluding carboxylic acids is 1. The van der Waals surface area contributed by atoms with E-state index >= 15 is 0 Å². The van der Waals surface area contributed by atoms with Crippen LogP contribution in [-0.4, -0.2) is 20.1 Å². The van der Waals surface area contributed by atoms with Crippen LogP contribution in [-0.2, 0) is 11.3 Å². The van der Waals surface area contributed by atoms with Crippen molar-refractivity contribution < 1.29 is 14.3 Å². The first-order valence-electron chi connectivity index (χ1n) is 5.85. The highest BCUT2D eigenvalue weighted by Gasteiger charge is 2.26. The average molecular weight is 262 g/mol. The minimum atomic E-state index is -1.03. The average Bonchev–Trinajstić information content (AvgIpc) is 2.44. The number of methoxy groups -OCH3 is 2. The molecule has 0 saturated heterocycles. The van der Waals surface area contributed by atoms with Crippen LogP contribution >= 0.6 is 0 Å². The third kappa shape index (κ3) is 3.62. The van der Waals surface area contributed by atoms with Gasteiger partial charge in [-0.2, -0.15) is 5.26 Å². The fraction of sp³-hybridized carbons (Fsp3) is 0.429. The van der Waals surface area contributed by atoms with Crippen molar-refractivity contribution in [3.05, 3.63) is 23.8 Å². The lowest BCUT2D eigenvalue weighted by Gasteiger charge is -2.15. The van der Waals surface area contributed by atoms with E-state index in [1.165, 1.54) is 0 Å². The monoisotopic (exact) mass is 262 g/mol. The van der Waals surface area contributed by atoms with Gasteiger partial charge < -0.3 is 14.8 Å². The van der Waals surface area contributed by atoms with E-state index in [1.54, 1.807) is 40.2 Å². The SMILES string of the molecule is COc1ccc(CNC(=O)C(C)(C)C#N)cc1OC. The molecule has 1 aromatic rings. The summed E-state index contributed by atoms with van der Waals surface area (Å²) in [6, 6.07) is 7.36. The molecule has 5 nitrogen and oxygen atoms in total. The summed E-state index contributed by atoms with van der Waals surface area (Å²) >= 11 is 0. The molecule has 1 aromatic carbocycles. The maximum Gasteiger partial charge on any atom is 0.240 e. The molecule has 0 spiro atoms. The highest BCUT2D eigenvalue weighted by Crippen LogP contribution is 2.27. The fourth-order valence-corrected chi connectivity index (χ4v) is 1.44. The van der Waals surface area contributed by atoms with Crippen LogP contribution in [0.4, 0.5) is 0 Å². The van der Waals surface area contributed by atoms with Gasteiger partial charge in [0, 0.05) is 6.54 Å². The van der Waals surface area contributed by atoms with Crippen LogP contribution in [0.25, 0.3) is 0 Å². The van der Waals surface area contributed by atoms with E-state index in [0.717, 1.165) is 5.56 Å². The van der Waals surface area contributed by atoms with Gasteiger partial charge >= 0.3 is 0 Å². The maximum atomic E-state index is 11.8. The highest BCUT2D eigenvalue weighted by molar-refractivity contribution is 5.84. The van der Waals surface area contributed by atoms with Gasteiger partial charge in [-0.05, 0) is 31.5 Å². The lowest BCUT2D eigenvalue weighted by molar-refractivity contribution is -0.126. The molecule has 1 amide bonds. The Morgan fingerprint density at radius 1 is 1.32 bits per heavy atom. The number of ether oxygens (including phenoxy) is 2. The predicted molar refractivity (Wildman–Crippen MR) is 70.8 cm³/mol. The zero-order chi connectivity index (χ0) is 14.5. The second-order valence-electron chi connectivity index (χ2n) is 4.61. The minimum Gasteiger partial charge on any atom is -0.493 e. The highest BCUT2D eigenvalue weighted by atomic mass is 16.5. The van der Waals surface area contributed by atoms with Crippen LogP contribution in [0, 0.1) is 16.7 Å². The Kier molecular flexibility index (Phi) is 4.76. The summed E-state index contributed by atoms with van der Waals surface area (Å²) in [6.07, 6.45) is 0. The first-order chi connectivity index (χ1) is 8.94. The zero-order valence-corrected chi connectivity index (χ0v) is 11.6. The molecule has 0 atom stereocenters. The molecule has 0 radical (unpaired) electrons. The molecular weight excluding hydrogens is 244 g/mol. The first kappa shape index (κ1) is 14.8. The number of rotatable bonds is 5. The lowest BCUT2D eigenvalue weighted by Crippen LogP contribution is -2.35. The summed E-state index contributed by atoms with van der Waals surface area (Å²) in [4.78, 5) is 11.8. The number of nitrogens with one attached hydrogen (secondary N) is 1. The van der Waals surface area contributed by atoms with E-state index in [-0.39, 0.29) is 5.91 Å². The van der Waals surface area contributed by atoms with Crippen LogP contribution in [0.5, 0.6) is 11.5 Å². The van der Waals surface area contributed by atoms with Gasteiger partial charge in [0.1, 0.15) is 5.41 Å². The van der Waals surface area contributed by atoms with Gasteiger partial charge in [0.25, 0.3) is 0 Å². The van der Waals surface area contributed by atoms with Crippen molar-refractivity contribution >= 4 is 5.91 Å². The molecule has 19 heavy (non-hydrogen) atoms. The molecule has 0 unspecified atom stereocenters. The van der Waals surface area contributed by atoms with Gasteiger partial charge in [-0.25, -0.2) is 0 Å². The Hall–Kier alpha value is -2.22. The number of hydrogen-bond donors (Lipinski definition) is 1. The third-order valence-electron chi connectivity index (χ3n) is 2.75. The quantitative estimate of drug-likeness (QED) is 0.879. The number of hydrogen-bond acceptors (Lipinski definition) is 4. The summed E-state index contributed by atoms with van der Waals surface area (Å²) in [5.74, 6) is 0.938. The smallest absolute Gasteiger partial charge is 0.240 e. The number of carbonyl (C=O) groups is 1. The molecule has 0 aliphatic heterocycles. The van der Waals surface area contributed by atoms with Crippen molar-refractivity contribution in [2.24, 2.45) is 5.41 Å². The van der Waals surface area contributed by atoms with Gasteiger partial charge in [0.15, 0.2) is 11.5 Å². The van der Waals surface area contributed by atoms with Crippen molar-refractivity contribution in [2.45, 2.75) is 20.4 Å². The molecule has 102 valence electrons. The van der Waals surface area contributed by atoms with Gasteiger partial charge in [0.05, 0.1) is 20.3 Å². The van der Waals surface area contributed by atoms with Crippen molar-refractivity contribution in [1.82, 2.24) is 5.32 Å². The van der Waals surface area contributed by atoms with Gasteiger partial charge in [-0.15, -0.1) is 0 Å². The van der Waals surface area contributed by atoms with Gasteiger partial charge in [-0.3, -0.25) is 4.79 Å². The van der Waals surface area contributed by atoms with Gasteiger partial charge in [0.2, 0.25) is 5.91 Å². The molecule has 0 heterocycles. The maximum absolute atomic E-state index is 11.8. The summed E-state index contributed by atoms with van der Waals surface area (Å²) in [5.41, 5.74) is -0.156. The standard InChI is InChI=1S/C14H18N2O3/c1-14(2,9-15)13(17)16-8-10-5-6-11(18-3)12(7-10)19-4/h5-7H,8H2,1-4H3,(H,16,17). The molecule has 5 heteroatoms. The van der Waals surface area contributed by atoms with E-state index in [0.29, 0.717) is 18.0 Å². The number of nitrogens with zero attached hydrogens (tertiary/aromatic N) is 1. The Morgan fingerprint density at radius 3 is 2.47 bits per heavy atom. The van der Waals surface area contributed by atoms with E-state index in [2.05, 4.69) is 5.32 Å². The second-order valence-corrected chi connectivity index (χ2v) is 4.61. The molecule has 0 fully saturated rings. The Balaban J connectivity index is 2.74. The van der Waals surface area contributed by atoms with Crippen molar-refractivity contribution in [2.75, 3.05) is 14.2 Å². The normalized spacial score (nSPS) is 10.5. The molecule has 0 aliphatic rings. The fourth-order valence-electron chi connectivity index (χ4n) is 1.44. The number of amides is 1. The van der Waals surface area contributed by atoms with Crippen LogP contribution in [0.2, 0.25) is 0 Å². The van der Waals surface area contributed by atoms with Crippen LogP contribution in [0.15, 0.2) is 18.2 Å². The zero-order valence-electron chi connectivity index (χ0n) is 11.6. The van der Waals surface area contributed by atoms with E-state index < -0.39 is 5.41 Å². The first-order valence-corrected chi connectivity index (χ1v) is 5.85. The summed E-state index contributed by atoms with van der Waals surface area (Å²) in [5, 5.41) is 11.6. The Bertz CT molecular complexity index is 504. The number of benzene rings is 1. The predicted octanol–water partition coefficient (Wildman–Crippen LogP) is 1.87. The van der Waals surface area contributed by atoms with E-state index in [4.69, 9.17) is 14.7 Å². The molecule has 0 bridgehead atoms. The van der Waals surface area contributed by atoms with Crippen molar-refractivity contribution in [3.8, 4) is 17.6 Å². The largest absolute Gasteiger partial charge is 0.493 e. The summed E-state index contributed by atoms with van der Waals surface area (Å²) < 4.78 is 10.3. The topological polar surface area (TPSA) is 71.3 Å². The molecular formula is C14H18N2O3. The van der Waals surface area contributed by atoms with E-state index in [9.17, 15) is 4.79 Å². The second kappa shape index (κ2) is 6.10.